The summed E-state index contributed by atoms with van der Waals surface area (Å²) in [5, 5.41) is 8.92. The van der Waals surface area contributed by atoms with E-state index in [-0.39, 0.29) is 11.6 Å². The van der Waals surface area contributed by atoms with Crippen molar-refractivity contribution in [2.45, 2.75) is 17.9 Å². The number of nitrogens with zero attached hydrogens (tertiary/aromatic N) is 3. The molecule has 0 bridgehead atoms. The zero-order chi connectivity index (χ0) is 13.3. The van der Waals surface area contributed by atoms with Crippen molar-refractivity contribution >= 4 is 16.0 Å². The first kappa shape index (κ1) is 13.0. The molecule has 0 amide bonds. The Labute approximate surface area is 105 Å². The first-order valence-corrected chi connectivity index (χ1v) is 7.06. The van der Waals surface area contributed by atoms with E-state index in [0.29, 0.717) is 19.4 Å². The fourth-order valence-electron chi connectivity index (χ4n) is 2.02. The quantitative estimate of drug-likeness (QED) is 0.830. The van der Waals surface area contributed by atoms with Gasteiger partial charge < -0.3 is 9.67 Å². The third kappa shape index (κ3) is 2.39. The smallest absolute Gasteiger partial charge is 0.307 e. The molecule has 0 aromatic carbocycles. The number of hydrogen-bond donors (Lipinski definition) is 1. The van der Waals surface area contributed by atoms with Gasteiger partial charge in [0.15, 0.2) is 5.03 Å². The summed E-state index contributed by atoms with van der Waals surface area (Å²) in [6.45, 7) is 0.372. The molecule has 100 valence electrons. The number of carboxylic acids is 1. The van der Waals surface area contributed by atoms with Crippen LogP contribution in [0.5, 0.6) is 0 Å². The van der Waals surface area contributed by atoms with Crippen molar-refractivity contribution in [2.75, 3.05) is 13.1 Å². The second-order valence-corrected chi connectivity index (χ2v) is 6.30. The van der Waals surface area contributed by atoms with Gasteiger partial charge in [-0.3, -0.25) is 4.79 Å². The Kier molecular flexibility index (Phi) is 3.40. The van der Waals surface area contributed by atoms with Gasteiger partial charge in [0.2, 0.25) is 0 Å². The molecule has 1 fully saturated rings. The molecule has 1 aromatic heterocycles. The fourth-order valence-corrected chi connectivity index (χ4v) is 3.51. The van der Waals surface area contributed by atoms with Crippen LogP contribution in [0.15, 0.2) is 17.6 Å². The lowest BCUT2D eigenvalue weighted by molar-refractivity contribution is -0.142. The Morgan fingerprint density at radius 3 is 2.83 bits per heavy atom. The Hall–Kier alpha value is -1.41. The molecule has 1 aliphatic heterocycles. The fraction of sp³-hybridized carbons (Fsp3) is 0.600. The van der Waals surface area contributed by atoms with E-state index in [0.717, 1.165) is 0 Å². The molecule has 1 aliphatic rings. The van der Waals surface area contributed by atoms with Gasteiger partial charge in [0.1, 0.15) is 0 Å². The number of piperidine rings is 1. The molecule has 0 aliphatic carbocycles. The molecule has 0 radical (unpaired) electrons. The number of hydrogen-bond acceptors (Lipinski definition) is 4. The van der Waals surface area contributed by atoms with Crippen LogP contribution in [0.1, 0.15) is 12.8 Å². The van der Waals surface area contributed by atoms with E-state index in [1.807, 2.05) is 0 Å². The summed E-state index contributed by atoms with van der Waals surface area (Å²) in [7, 11) is -1.99. The van der Waals surface area contributed by atoms with Crippen LogP contribution in [0.2, 0.25) is 0 Å². The second-order valence-electron chi connectivity index (χ2n) is 4.42. The van der Waals surface area contributed by atoms with Crippen LogP contribution in [-0.4, -0.2) is 46.4 Å². The third-order valence-electron chi connectivity index (χ3n) is 3.02. The van der Waals surface area contributed by atoms with Gasteiger partial charge in [0.25, 0.3) is 10.0 Å². The highest BCUT2D eigenvalue weighted by Gasteiger charge is 2.34. The van der Waals surface area contributed by atoms with Crippen LogP contribution in [-0.2, 0) is 21.9 Å². The van der Waals surface area contributed by atoms with Gasteiger partial charge in [0.05, 0.1) is 12.2 Å². The van der Waals surface area contributed by atoms with E-state index >= 15 is 0 Å². The summed E-state index contributed by atoms with van der Waals surface area (Å²) in [4.78, 5) is 14.7. The predicted octanol–water partition coefficient (Wildman–Crippen LogP) is -0.0946. The highest BCUT2D eigenvalue weighted by Crippen LogP contribution is 2.22. The maximum Gasteiger partial charge on any atom is 0.307 e. The number of sulfonamides is 1. The van der Waals surface area contributed by atoms with Crippen molar-refractivity contribution in [3.8, 4) is 0 Å². The first-order chi connectivity index (χ1) is 8.41. The number of carboxylic acid groups (broad SMARTS) is 1. The van der Waals surface area contributed by atoms with Crippen molar-refractivity contribution in [1.29, 1.82) is 0 Å². The van der Waals surface area contributed by atoms with Crippen LogP contribution in [0, 0.1) is 5.92 Å². The SMILES string of the molecule is Cn1cnc(S(=O)(=O)N2CCC[C@@H](C(=O)O)C2)c1. The Morgan fingerprint density at radius 1 is 1.56 bits per heavy atom. The van der Waals surface area contributed by atoms with E-state index < -0.39 is 21.9 Å². The third-order valence-corrected chi connectivity index (χ3v) is 4.77. The van der Waals surface area contributed by atoms with Gasteiger partial charge in [-0.05, 0) is 12.8 Å². The molecule has 1 saturated heterocycles. The van der Waals surface area contributed by atoms with Crippen molar-refractivity contribution in [3.05, 3.63) is 12.5 Å². The van der Waals surface area contributed by atoms with Gasteiger partial charge in [-0.2, -0.15) is 4.31 Å². The predicted molar refractivity (Wildman–Crippen MR) is 62.3 cm³/mol. The number of carbonyl (C=O) groups is 1. The molecule has 1 N–H and O–H groups in total. The van der Waals surface area contributed by atoms with Gasteiger partial charge in [0, 0.05) is 26.3 Å². The monoisotopic (exact) mass is 273 g/mol. The molecule has 1 aromatic rings. The maximum atomic E-state index is 12.2. The molecule has 1 atom stereocenters. The molecule has 18 heavy (non-hydrogen) atoms. The Balaban J connectivity index is 2.22. The summed E-state index contributed by atoms with van der Waals surface area (Å²) in [6, 6.07) is 0. The lowest BCUT2D eigenvalue weighted by atomic mass is 10.0. The van der Waals surface area contributed by atoms with E-state index in [9.17, 15) is 13.2 Å². The number of aryl methyl sites for hydroxylation is 1. The standard InChI is InChI=1S/C10H15N3O4S/c1-12-6-9(11-7-12)18(16,17)13-4-2-3-8(5-13)10(14)15/h6-8H,2-5H2,1H3,(H,14,15)/t8-/m1/s1. The van der Waals surface area contributed by atoms with Crippen LogP contribution >= 0.6 is 0 Å². The minimum absolute atomic E-state index is 0.0221. The zero-order valence-electron chi connectivity index (χ0n) is 9.98. The molecule has 2 rings (SSSR count). The molecule has 8 heteroatoms. The van der Waals surface area contributed by atoms with Gasteiger partial charge in [-0.15, -0.1) is 0 Å². The largest absolute Gasteiger partial charge is 0.481 e. The average Bonchev–Trinajstić information content (AvgIpc) is 2.77. The number of rotatable bonds is 3. The highest BCUT2D eigenvalue weighted by atomic mass is 32.2. The van der Waals surface area contributed by atoms with Crippen LogP contribution in [0.3, 0.4) is 0 Å². The maximum absolute atomic E-state index is 12.2. The van der Waals surface area contributed by atoms with Gasteiger partial charge in [-0.25, -0.2) is 13.4 Å². The second kappa shape index (κ2) is 4.69. The minimum Gasteiger partial charge on any atom is -0.481 e. The molecule has 2 heterocycles. The first-order valence-electron chi connectivity index (χ1n) is 5.62. The lowest BCUT2D eigenvalue weighted by Crippen LogP contribution is -2.42. The molecule has 0 spiro atoms. The Morgan fingerprint density at radius 2 is 2.28 bits per heavy atom. The Bertz CT molecular complexity index is 551. The molecular weight excluding hydrogens is 258 g/mol. The normalized spacial score (nSPS) is 21.9. The van der Waals surface area contributed by atoms with Crippen molar-refractivity contribution in [1.82, 2.24) is 13.9 Å². The molecule has 0 unspecified atom stereocenters. The molecule has 7 nitrogen and oxygen atoms in total. The van der Waals surface area contributed by atoms with Crippen molar-refractivity contribution in [3.63, 3.8) is 0 Å². The number of aliphatic carboxylic acids is 1. The van der Waals surface area contributed by atoms with Crippen LogP contribution in [0.25, 0.3) is 0 Å². The number of imidazole rings is 1. The molecular formula is C10H15N3O4S. The molecule has 0 saturated carbocycles. The van der Waals surface area contributed by atoms with Crippen LogP contribution in [0.4, 0.5) is 0 Å². The lowest BCUT2D eigenvalue weighted by Gasteiger charge is -2.29. The highest BCUT2D eigenvalue weighted by molar-refractivity contribution is 7.89. The van der Waals surface area contributed by atoms with E-state index in [4.69, 9.17) is 5.11 Å². The topological polar surface area (TPSA) is 92.5 Å². The summed E-state index contributed by atoms with van der Waals surface area (Å²) in [6.07, 6.45) is 3.90. The van der Waals surface area contributed by atoms with Crippen molar-refractivity contribution < 1.29 is 18.3 Å². The van der Waals surface area contributed by atoms with Crippen molar-refractivity contribution in [2.24, 2.45) is 13.0 Å². The van der Waals surface area contributed by atoms with E-state index in [2.05, 4.69) is 4.98 Å². The summed E-state index contributed by atoms with van der Waals surface area (Å²) < 4.78 is 27.2. The van der Waals surface area contributed by atoms with Gasteiger partial charge in [-0.1, -0.05) is 0 Å². The van der Waals surface area contributed by atoms with E-state index in [1.54, 1.807) is 11.6 Å². The number of aromatic nitrogens is 2. The summed E-state index contributed by atoms with van der Waals surface area (Å²) in [5.74, 6) is -1.58. The average molecular weight is 273 g/mol. The summed E-state index contributed by atoms with van der Waals surface area (Å²) >= 11 is 0. The minimum atomic E-state index is -3.67. The van der Waals surface area contributed by atoms with E-state index in [1.165, 1.54) is 16.8 Å². The van der Waals surface area contributed by atoms with Crippen LogP contribution < -0.4 is 0 Å². The summed E-state index contributed by atoms with van der Waals surface area (Å²) in [5.41, 5.74) is 0. The zero-order valence-corrected chi connectivity index (χ0v) is 10.8. The van der Waals surface area contributed by atoms with Gasteiger partial charge >= 0.3 is 5.97 Å².